The highest BCUT2D eigenvalue weighted by Crippen LogP contribution is 2.05. The second-order valence-electron chi connectivity index (χ2n) is 6.66. The third-order valence-electron chi connectivity index (χ3n) is 4.37. The van der Waals surface area contributed by atoms with E-state index in [1.54, 1.807) is 0 Å². The number of benzene rings is 1. The molecule has 1 fully saturated rings. The van der Waals surface area contributed by atoms with E-state index in [1.807, 2.05) is 30.3 Å². The monoisotopic (exact) mass is 319 g/mol. The van der Waals surface area contributed by atoms with Crippen LogP contribution in [-0.4, -0.2) is 73.2 Å². The number of hydrogen-bond acceptors (Lipinski definition) is 4. The number of amides is 1. The summed E-state index contributed by atoms with van der Waals surface area (Å²) in [6, 6.07) is 9.60. The van der Waals surface area contributed by atoms with Gasteiger partial charge in [0, 0.05) is 45.7 Å². The Balaban J connectivity index is 1.66. The van der Waals surface area contributed by atoms with Gasteiger partial charge >= 0.3 is 0 Å². The van der Waals surface area contributed by atoms with Crippen molar-refractivity contribution < 1.29 is 9.90 Å². The molecule has 5 nitrogen and oxygen atoms in total. The van der Waals surface area contributed by atoms with Crippen molar-refractivity contribution in [3.05, 3.63) is 35.9 Å². The van der Waals surface area contributed by atoms with Crippen molar-refractivity contribution in [1.82, 2.24) is 15.1 Å². The Kier molecular flexibility index (Phi) is 7.02. The molecule has 0 unspecified atom stereocenters. The third kappa shape index (κ3) is 6.29. The van der Waals surface area contributed by atoms with Gasteiger partial charge in [0.05, 0.1) is 0 Å². The molecule has 0 aromatic heterocycles. The molecule has 1 saturated heterocycles. The average molecular weight is 319 g/mol. The smallest absolute Gasteiger partial charge is 0.249 e. The SMILES string of the molecule is C[C@@H](CNC(=O)[C@@H](O)Cc1ccccc1)CN1CCN(C)CC1. The Morgan fingerprint density at radius 2 is 1.87 bits per heavy atom. The topological polar surface area (TPSA) is 55.8 Å². The highest BCUT2D eigenvalue weighted by molar-refractivity contribution is 5.80. The highest BCUT2D eigenvalue weighted by atomic mass is 16.3. The summed E-state index contributed by atoms with van der Waals surface area (Å²) in [5.41, 5.74) is 0.973. The molecule has 2 rings (SSSR count). The van der Waals surface area contributed by atoms with Gasteiger partial charge in [0.25, 0.3) is 0 Å². The summed E-state index contributed by atoms with van der Waals surface area (Å²) < 4.78 is 0. The van der Waals surface area contributed by atoms with Gasteiger partial charge in [0.1, 0.15) is 6.10 Å². The summed E-state index contributed by atoms with van der Waals surface area (Å²) in [4.78, 5) is 16.8. The fraction of sp³-hybridized carbons (Fsp3) is 0.611. The molecule has 128 valence electrons. The normalized spacial score (nSPS) is 19.3. The summed E-state index contributed by atoms with van der Waals surface area (Å²) in [7, 11) is 2.15. The molecule has 23 heavy (non-hydrogen) atoms. The van der Waals surface area contributed by atoms with Crippen LogP contribution >= 0.6 is 0 Å². The Morgan fingerprint density at radius 1 is 1.22 bits per heavy atom. The lowest BCUT2D eigenvalue weighted by atomic mass is 10.1. The summed E-state index contributed by atoms with van der Waals surface area (Å²) in [5.74, 6) is 0.102. The van der Waals surface area contributed by atoms with Gasteiger partial charge < -0.3 is 20.2 Å². The fourth-order valence-electron chi connectivity index (χ4n) is 2.86. The van der Waals surface area contributed by atoms with Crippen molar-refractivity contribution in [2.45, 2.75) is 19.4 Å². The molecular weight excluding hydrogens is 290 g/mol. The predicted octanol–water partition coefficient (Wildman–Crippen LogP) is 0.590. The van der Waals surface area contributed by atoms with Crippen molar-refractivity contribution in [1.29, 1.82) is 0 Å². The second-order valence-corrected chi connectivity index (χ2v) is 6.66. The molecule has 1 heterocycles. The average Bonchev–Trinajstić information content (AvgIpc) is 2.55. The number of hydrogen-bond donors (Lipinski definition) is 2. The zero-order chi connectivity index (χ0) is 16.7. The third-order valence-corrected chi connectivity index (χ3v) is 4.37. The summed E-state index contributed by atoms with van der Waals surface area (Å²) in [5, 5.41) is 12.9. The number of carbonyl (C=O) groups is 1. The second kappa shape index (κ2) is 9.01. The van der Waals surface area contributed by atoms with E-state index in [-0.39, 0.29) is 5.91 Å². The zero-order valence-corrected chi connectivity index (χ0v) is 14.2. The van der Waals surface area contributed by atoms with Crippen molar-refractivity contribution in [3.8, 4) is 0 Å². The van der Waals surface area contributed by atoms with Crippen LogP contribution in [0.1, 0.15) is 12.5 Å². The molecule has 0 radical (unpaired) electrons. The van der Waals surface area contributed by atoms with Crippen LogP contribution in [0.5, 0.6) is 0 Å². The predicted molar refractivity (Wildman–Crippen MR) is 92.3 cm³/mol. The molecule has 1 amide bonds. The molecule has 1 aromatic rings. The van der Waals surface area contributed by atoms with Gasteiger partial charge in [-0.25, -0.2) is 0 Å². The number of nitrogens with zero attached hydrogens (tertiary/aromatic N) is 2. The Hall–Kier alpha value is -1.43. The van der Waals surface area contributed by atoms with Gasteiger partial charge in [-0.05, 0) is 18.5 Å². The first-order valence-electron chi connectivity index (χ1n) is 8.45. The molecule has 0 bridgehead atoms. The number of likely N-dealkylation sites (N-methyl/N-ethyl adjacent to an activating group) is 1. The van der Waals surface area contributed by atoms with Gasteiger partial charge in [-0.2, -0.15) is 0 Å². The van der Waals surface area contributed by atoms with Crippen molar-refractivity contribution in [2.75, 3.05) is 46.3 Å². The number of piperazine rings is 1. The van der Waals surface area contributed by atoms with Crippen LogP contribution < -0.4 is 5.32 Å². The van der Waals surface area contributed by atoms with Gasteiger partial charge in [-0.1, -0.05) is 37.3 Å². The van der Waals surface area contributed by atoms with E-state index in [0.717, 1.165) is 38.3 Å². The lowest BCUT2D eigenvalue weighted by molar-refractivity contribution is -0.129. The van der Waals surface area contributed by atoms with Gasteiger partial charge in [0.15, 0.2) is 0 Å². The quantitative estimate of drug-likeness (QED) is 0.772. The number of aliphatic hydroxyl groups excluding tert-OH is 1. The maximum absolute atomic E-state index is 12.0. The molecule has 1 aliphatic rings. The van der Waals surface area contributed by atoms with Gasteiger partial charge in [-0.15, -0.1) is 0 Å². The van der Waals surface area contributed by atoms with Crippen molar-refractivity contribution in [3.63, 3.8) is 0 Å². The van der Waals surface area contributed by atoms with Crippen LogP contribution in [0.25, 0.3) is 0 Å². The van der Waals surface area contributed by atoms with Crippen LogP contribution in [0, 0.1) is 5.92 Å². The lowest BCUT2D eigenvalue weighted by Gasteiger charge is -2.34. The molecule has 1 aromatic carbocycles. The Labute approximate surface area is 139 Å². The van der Waals surface area contributed by atoms with E-state index >= 15 is 0 Å². The zero-order valence-electron chi connectivity index (χ0n) is 14.2. The van der Waals surface area contributed by atoms with Crippen LogP contribution in [0.15, 0.2) is 30.3 Å². The molecule has 0 spiro atoms. The van der Waals surface area contributed by atoms with E-state index in [0.29, 0.717) is 18.9 Å². The highest BCUT2D eigenvalue weighted by Gasteiger charge is 2.19. The molecular formula is C18H29N3O2. The maximum atomic E-state index is 12.0. The summed E-state index contributed by atoms with van der Waals surface area (Å²) in [6.45, 7) is 8.13. The minimum Gasteiger partial charge on any atom is -0.383 e. The van der Waals surface area contributed by atoms with Gasteiger partial charge in [0.2, 0.25) is 5.91 Å². The van der Waals surface area contributed by atoms with Crippen LogP contribution in [0.3, 0.4) is 0 Å². The first kappa shape index (κ1) is 17.9. The summed E-state index contributed by atoms with van der Waals surface area (Å²) >= 11 is 0. The number of rotatable bonds is 7. The standard InChI is InChI=1S/C18H29N3O2/c1-15(14-21-10-8-20(2)9-11-21)13-19-18(23)17(22)12-16-6-4-3-5-7-16/h3-7,15,17,22H,8-14H2,1-2H3,(H,19,23)/t15-,17-/m0/s1. The molecule has 0 saturated carbocycles. The summed E-state index contributed by atoms with van der Waals surface area (Å²) in [6.07, 6.45) is -0.618. The first-order chi connectivity index (χ1) is 11.0. The lowest BCUT2D eigenvalue weighted by Crippen LogP contribution is -2.47. The number of nitrogens with one attached hydrogen (secondary N) is 1. The molecule has 1 aliphatic heterocycles. The van der Waals surface area contributed by atoms with Gasteiger partial charge in [-0.3, -0.25) is 4.79 Å². The Bertz CT molecular complexity index is 472. The largest absolute Gasteiger partial charge is 0.383 e. The first-order valence-corrected chi connectivity index (χ1v) is 8.45. The van der Waals surface area contributed by atoms with E-state index < -0.39 is 6.10 Å². The fourth-order valence-corrected chi connectivity index (χ4v) is 2.86. The Morgan fingerprint density at radius 3 is 2.52 bits per heavy atom. The minimum absolute atomic E-state index is 0.279. The molecule has 2 N–H and O–H groups in total. The number of carbonyl (C=O) groups excluding carboxylic acids is 1. The van der Waals surface area contributed by atoms with Crippen LogP contribution in [0.2, 0.25) is 0 Å². The molecule has 5 heteroatoms. The van der Waals surface area contributed by atoms with E-state index in [1.165, 1.54) is 0 Å². The van der Waals surface area contributed by atoms with Crippen LogP contribution in [-0.2, 0) is 11.2 Å². The minimum atomic E-state index is -0.978. The van der Waals surface area contributed by atoms with Crippen molar-refractivity contribution in [2.24, 2.45) is 5.92 Å². The van der Waals surface area contributed by atoms with Crippen LogP contribution in [0.4, 0.5) is 0 Å². The maximum Gasteiger partial charge on any atom is 0.249 e. The molecule has 2 atom stereocenters. The van der Waals surface area contributed by atoms with E-state index in [9.17, 15) is 9.90 Å². The van der Waals surface area contributed by atoms with E-state index in [4.69, 9.17) is 0 Å². The van der Waals surface area contributed by atoms with Crippen molar-refractivity contribution >= 4 is 5.91 Å². The molecule has 0 aliphatic carbocycles. The van der Waals surface area contributed by atoms with E-state index in [2.05, 4.69) is 29.1 Å². The number of aliphatic hydroxyl groups is 1.